The first-order valence-electron chi connectivity index (χ1n) is 8.11. The molecule has 3 heteroatoms. The lowest BCUT2D eigenvalue weighted by atomic mass is 9.67. The molecule has 2 atom stereocenters. The van der Waals surface area contributed by atoms with Gasteiger partial charge in [0, 0.05) is 23.4 Å². The van der Waals surface area contributed by atoms with Gasteiger partial charge in [-0.25, -0.2) is 0 Å². The zero-order valence-corrected chi connectivity index (χ0v) is 12.6. The first-order valence-corrected chi connectivity index (χ1v) is 8.11. The summed E-state index contributed by atoms with van der Waals surface area (Å²) in [6, 6.07) is 7.96. The molecule has 2 aliphatic carbocycles. The minimum atomic E-state index is 0.00270. The van der Waals surface area contributed by atoms with Gasteiger partial charge in [-0.05, 0) is 43.7 Å². The highest BCUT2D eigenvalue weighted by atomic mass is 16.2. The lowest BCUT2D eigenvalue weighted by Gasteiger charge is -2.37. The number of hydrogen-bond donors (Lipinski definition) is 1. The number of Topliss-reactive ketones (excluding diaryl/α,β-unsaturated/α-hetero) is 1. The molecule has 2 unspecified atom stereocenters. The third-order valence-electron chi connectivity index (χ3n) is 5.07. The van der Waals surface area contributed by atoms with Crippen LogP contribution < -0.4 is 5.32 Å². The van der Waals surface area contributed by atoms with Crippen molar-refractivity contribution in [1.82, 2.24) is 0 Å². The highest BCUT2D eigenvalue weighted by molar-refractivity contribution is 5.95. The van der Waals surface area contributed by atoms with E-state index in [1.165, 1.54) is 0 Å². The van der Waals surface area contributed by atoms with Crippen LogP contribution in [0.25, 0.3) is 0 Å². The average molecular weight is 285 g/mol. The molecule has 0 radical (unpaired) electrons. The standard InChI is InChI=1S/C18H23NO2/c1-2-12-6-3-4-9-16(12)19-18(21)15-10-13-7-5-8-14(11-15)17(13)20/h3-4,6,9,13-15H,2,5,7-8,10-11H2,1H3,(H,19,21). The smallest absolute Gasteiger partial charge is 0.227 e. The Morgan fingerprint density at radius 2 is 1.86 bits per heavy atom. The van der Waals surface area contributed by atoms with E-state index >= 15 is 0 Å². The van der Waals surface area contributed by atoms with Crippen molar-refractivity contribution in [2.45, 2.75) is 45.4 Å². The van der Waals surface area contributed by atoms with Gasteiger partial charge in [0.05, 0.1) is 0 Å². The zero-order chi connectivity index (χ0) is 14.8. The molecular formula is C18H23NO2. The Morgan fingerprint density at radius 3 is 2.52 bits per heavy atom. The summed E-state index contributed by atoms with van der Waals surface area (Å²) in [5, 5.41) is 3.09. The second kappa shape index (κ2) is 6.00. The molecule has 112 valence electrons. The predicted molar refractivity (Wildman–Crippen MR) is 83.0 cm³/mol. The molecule has 2 saturated carbocycles. The van der Waals surface area contributed by atoms with Crippen molar-refractivity contribution in [2.24, 2.45) is 17.8 Å². The van der Waals surface area contributed by atoms with Crippen molar-refractivity contribution >= 4 is 17.4 Å². The molecule has 2 aliphatic rings. The van der Waals surface area contributed by atoms with Crippen molar-refractivity contribution in [3.05, 3.63) is 29.8 Å². The number of anilines is 1. The zero-order valence-electron chi connectivity index (χ0n) is 12.6. The molecule has 1 aromatic carbocycles. The van der Waals surface area contributed by atoms with Gasteiger partial charge in [0.25, 0.3) is 0 Å². The second-order valence-corrected chi connectivity index (χ2v) is 6.40. The van der Waals surface area contributed by atoms with Crippen molar-refractivity contribution in [3.63, 3.8) is 0 Å². The second-order valence-electron chi connectivity index (χ2n) is 6.40. The van der Waals surface area contributed by atoms with E-state index in [1.54, 1.807) is 0 Å². The first-order chi connectivity index (χ1) is 10.2. The maximum absolute atomic E-state index is 12.6. The number of aryl methyl sites for hydroxylation is 1. The van der Waals surface area contributed by atoms with Gasteiger partial charge in [0.1, 0.15) is 5.78 Å². The van der Waals surface area contributed by atoms with Crippen LogP contribution in [0.15, 0.2) is 24.3 Å². The number of ketones is 1. The Labute approximate surface area is 126 Å². The topological polar surface area (TPSA) is 46.2 Å². The van der Waals surface area contributed by atoms with Crippen LogP contribution >= 0.6 is 0 Å². The Hall–Kier alpha value is -1.64. The van der Waals surface area contributed by atoms with Crippen LogP contribution in [-0.4, -0.2) is 11.7 Å². The largest absolute Gasteiger partial charge is 0.326 e. The fraction of sp³-hybridized carbons (Fsp3) is 0.556. The van der Waals surface area contributed by atoms with E-state index in [1.807, 2.05) is 18.2 Å². The lowest BCUT2D eigenvalue weighted by Crippen LogP contribution is -2.40. The summed E-state index contributed by atoms with van der Waals surface area (Å²) in [6.07, 6.45) is 5.50. The van der Waals surface area contributed by atoms with E-state index in [-0.39, 0.29) is 23.7 Å². The molecule has 0 heterocycles. The minimum absolute atomic E-state index is 0.00270. The van der Waals surface area contributed by atoms with Gasteiger partial charge in [-0.15, -0.1) is 0 Å². The summed E-state index contributed by atoms with van der Waals surface area (Å²) in [5.74, 6) is 0.784. The maximum Gasteiger partial charge on any atom is 0.227 e. The number of nitrogens with one attached hydrogen (secondary N) is 1. The van der Waals surface area contributed by atoms with Crippen LogP contribution in [0.3, 0.4) is 0 Å². The molecule has 3 nitrogen and oxygen atoms in total. The van der Waals surface area contributed by atoms with Crippen LogP contribution in [0.1, 0.15) is 44.6 Å². The van der Waals surface area contributed by atoms with E-state index < -0.39 is 0 Å². The molecule has 1 aromatic rings. The third-order valence-corrected chi connectivity index (χ3v) is 5.07. The minimum Gasteiger partial charge on any atom is -0.326 e. The summed E-state index contributed by atoms with van der Waals surface area (Å²) in [5.41, 5.74) is 2.09. The fourth-order valence-corrected chi connectivity index (χ4v) is 3.88. The number of carbonyl (C=O) groups is 2. The molecule has 3 rings (SSSR count). The normalized spacial score (nSPS) is 28.2. The van der Waals surface area contributed by atoms with E-state index in [0.717, 1.165) is 49.8 Å². The van der Waals surface area contributed by atoms with Gasteiger partial charge in [-0.1, -0.05) is 31.5 Å². The number of para-hydroxylation sites is 1. The van der Waals surface area contributed by atoms with Crippen molar-refractivity contribution in [2.75, 3.05) is 5.32 Å². The van der Waals surface area contributed by atoms with Crippen molar-refractivity contribution < 1.29 is 9.59 Å². The number of rotatable bonds is 3. The van der Waals surface area contributed by atoms with Crippen LogP contribution in [0.5, 0.6) is 0 Å². The highest BCUT2D eigenvalue weighted by Gasteiger charge is 2.41. The fourth-order valence-electron chi connectivity index (χ4n) is 3.88. The van der Waals surface area contributed by atoms with Gasteiger partial charge in [0.2, 0.25) is 5.91 Å². The predicted octanol–water partition coefficient (Wildman–Crippen LogP) is 3.58. The quantitative estimate of drug-likeness (QED) is 0.922. The van der Waals surface area contributed by atoms with Crippen molar-refractivity contribution in [3.8, 4) is 0 Å². The molecule has 1 amide bonds. The Balaban J connectivity index is 1.70. The number of benzene rings is 1. The van der Waals surface area contributed by atoms with E-state index in [0.29, 0.717) is 5.78 Å². The average Bonchev–Trinajstić information content (AvgIpc) is 2.47. The van der Waals surface area contributed by atoms with E-state index in [4.69, 9.17) is 0 Å². The molecule has 1 N–H and O–H groups in total. The summed E-state index contributed by atoms with van der Waals surface area (Å²) >= 11 is 0. The van der Waals surface area contributed by atoms with Gasteiger partial charge in [-0.3, -0.25) is 9.59 Å². The molecule has 2 fully saturated rings. The maximum atomic E-state index is 12.6. The highest BCUT2D eigenvalue weighted by Crippen LogP contribution is 2.40. The molecule has 0 spiro atoms. The van der Waals surface area contributed by atoms with Gasteiger partial charge >= 0.3 is 0 Å². The van der Waals surface area contributed by atoms with E-state index in [9.17, 15) is 9.59 Å². The first kappa shape index (κ1) is 14.3. The van der Waals surface area contributed by atoms with Gasteiger partial charge in [-0.2, -0.15) is 0 Å². The molecule has 0 aliphatic heterocycles. The summed E-state index contributed by atoms with van der Waals surface area (Å²) < 4.78 is 0. The summed E-state index contributed by atoms with van der Waals surface area (Å²) in [4.78, 5) is 24.7. The number of amides is 1. The monoisotopic (exact) mass is 285 g/mol. The SMILES string of the molecule is CCc1ccccc1NC(=O)C1CC2CCCC(C1)C2=O. The number of carbonyl (C=O) groups excluding carboxylic acids is 2. The van der Waals surface area contributed by atoms with Gasteiger partial charge in [0.15, 0.2) is 0 Å². The van der Waals surface area contributed by atoms with Crippen LogP contribution in [-0.2, 0) is 16.0 Å². The van der Waals surface area contributed by atoms with Crippen LogP contribution in [0.4, 0.5) is 5.69 Å². The molecule has 0 saturated heterocycles. The Bertz CT molecular complexity index is 536. The summed E-state index contributed by atoms with van der Waals surface area (Å²) in [6.45, 7) is 2.09. The molecular weight excluding hydrogens is 262 g/mol. The van der Waals surface area contributed by atoms with Crippen molar-refractivity contribution in [1.29, 1.82) is 0 Å². The van der Waals surface area contributed by atoms with Crippen LogP contribution in [0.2, 0.25) is 0 Å². The Kier molecular flexibility index (Phi) is 4.09. The third kappa shape index (κ3) is 2.87. The van der Waals surface area contributed by atoms with E-state index in [2.05, 4.69) is 18.3 Å². The number of fused-ring (bicyclic) bond motifs is 2. The van der Waals surface area contributed by atoms with Gasteiger partial charge < -0.3 is 5.32 Å². The molecule has 21 heavy (non-hydrogen) atoms. The van der Waals surface area contributed by atoms with Crippen LogP contribution in [0, 0.1) is 17.8 Å². The molecule has 2 bridgehead atoms. The molecule has 0 aromatic heterocycles. The summed E-state index contributed by atoms with van der Waals surface area (Å²) in [7, 11) is 0. The Morgan fingerprint density at radius 1 is 1.19 bits per heavy atom. The lowest BCUT2D eigenvalue weighted by molar-refractivity contribution is -0.136. The number of hydrogen-bond acceptors (Lipinski definition) is 2.